The van der Waals surface area contributed by atoms with Crippen molar-refractivity contribution in [2.75, 3.05) is 6.26 Å². The SMILES string of the molecule is CSC(=Nc1ccc(Cl)cc1S)NC#N. The van der Waals surface area contributed by atoms with Crippen molar-refractivity contribution in [3.05, 3.63) is 23.2 Å². The molecule has 0 fully saturated rings. The molecule has 0 heterocycles. The maximum atomic E-state index is 8.46. The van der Waals surface area contributed by atoms with E-state index in [-0.39, 0.29) is 0 Å². The molecule has 0 amide bonds. The summed E-state index contributed by atoms with van der Waals surface area (Å²) in [5, 5.41) is 12.1. The number of nitriles is 1. The zero-order chi connectivity index (χ0) is 11.3. The predicted octanol–water partition coefficient (Wildman–Crippen LogP) is 3.05. The molecule has 3 nitrogen and oxygen atoms in total. The van der Waals surface area contributed by atoms with E-state index in [0.717, 1.165) is 0 Å². The summed E-state index contributed by atoms with van der Waals surface area (Å²) in [6.07, 6.45) is 3.65. The summed E-state index contributed by atoms with van der Waals surface area (Å²) in [6.45, 7) is 0. The van der Waals surface area contributed by atoms with Gasteiger partial charge in [0.05, 0.1) is 5.69 Å². The van der Waals surface area contributed by atoms with E-state index < -0.39 is 0 Å². The summed E-state index contributed by atoms with van der Waals surface area (Å²) < 4.78 is 0. The van der Waals surface area contributed by atoms with E-state index in [4.69, 9.17) is 16.9 Å². The largest absolute Gasteiger partial charge is 0.271 e. The van der Waals surface area contributed by atoms with Crippen LogP contribution >= 0.6 is 36.0 Å². The van der Waals surface area contributed by atoms with Crippen LogP contribution in [0.3, 0.4) is 0 Å². The van der Waals surface area contributed by atoms with Gasteiger partial charge < -0.3 is 0 Å². The lowest BCUT2D eigenvalue weighted by atomic mass is 10.3. The standard InChI is InChI=1S/C9H8ClN3S2/c1-15-9(12-5-11)13-7-3-2-6(10)4-8(7)14/h2-4,14H,1H3,(H,12,13). The first-order chi connectivity index (χ1) is 7.17. The number of rotatable bonds is 1. The van der Waals surface area contributed by atoms with Crippen molar-refractivity contribution >= 4 is 46.8 Å². The number of aliphatic imine (C=N–C) groups is 1. The van der Waals surface area contributed by atoms with E-state index in [1.165, 1.54) is 11.8 Å². The van der Waals surface area contributed by atoms with E-state index in [9.17, 15) is 0 Å². The van der Waals surface area contributed by atoms with E-state index in [0.29, 0.717) is 20.8 Å². The van der Waals surface area contributed by atoms with Crippen LogP contribution in [0.25, 0.3) is 0 Å². The molecule has 0 atom stereocenters. The Kier molecular flexibility index (Phi) is 4.82. The Morgan fingerprint density at radius 3 is 2.93 bits per heavy atom. The third kappa shape index (κ3) is 3.67. The average molecular weight is 258 g/mol. The van der Waals surface area contributed by atoms with Crippen LogP contribution in [0.1, 0.15) is 0 Å². The third-order valence-corrected chi connectivity index (χ3v) is 2.69. The van der Waals surface area contributed by atoms with E-state index in [1.807, 2.05) is 12.4 Å². The summed E-state index contributed by atoms with van der Waals surface area (Å²) in [5.74, 6) is 0. The van der Waals surface area contributed by atoms with Gasteiger partial charge in [0.2, 0.25) is 0 Å². The van der Waals surface area contributed by atoms with Crippen LogP contribution in [0, 0.1) is 11.5 Å². The van der Waals surface area contributed by atoms with Gasteiger partial charge in [-0.05, 0) is 24.5 Å². The molecule has 1 aromatic carbocycles. The van der Waals surface area contributed by atoms with Gasteiger partial charge in [0.25, 0.3) is 0 Å². The first-order valence-electron chi connectivity index (χ1n) is 3.93. The quantitative estimate of drug-likeness (QED) is 0.267. The van der Waals surface area contributed by atoms with Crippen molar-refractivity contribution in [2.45, 2.75) is 4.90 Å². The highest BCUT2D eigenvalue weighted by Crippen LogP contribution is 2.26. The highest BCUT2D eigenvalue weighted by molar-refractivity contribution is 8.13. The van der Waals surface area contributed by atoms with Gasteiger partial charge >= 0.3 is 0 Å². The Bertz CT molecular complexity index is 426. The van der Waals surface area contributed by atoms with Gasteiger partial charge in [-0.15, -0.1) is 12.6 Å². The molecular weight excluding hydrogens is 250 g/mol. The summed E-state index contributed by atoms with van der Waals surface area (Å²) in [7, 11) is 0. The number of hydrogen-bond acceptors (Lipinski definition) is 4. The zero-order valence-electron chi connectivity index (χ0n) is 7.86. The number of nitrogens with zero attached hydrogens (tertiary/aromatic N) is 2. The van der Waals surface area contributed by atoms with Crippen molar-refractivity contribution in [1.82, 2.24) is 5.32 Å². The van der Waals surface area contributed by atoms with Gasteiger partial charge in [-0.1, -0.05) is 23.4 Å². The molecule has 0 unspecified atom stereocenters. The minimum atomic E-state index is 0.523. The molecule has 1 aromatic rings. The second-order valence-electron chi connectivity index (χ2n) is 2.49. The Balaban J connectivity index is 3.01. The van der Waals surface area contributed by atoms with Crippen molar-refractivity contribution < 1.29 is 0 Å². The van der Waals surface area contributed by atoms with E-state index >= 15 is 0 Å². The molecule has 0 bridgehead atoms. The van der Waals surface area contributed by atoms with Crippen LogP contribution in [0.15, 0.2) is 28.1 Å². The third-order valence-electron chi connectivity index (χ3n) is 1.52. The highest BCUT2D eigenvalue weighted by atomic mass is 35.5. The Hall–Kier alpha value is -0.830. The summed E-state index contributed by atoms with van der Waals surface area (Å²) in [4.78, 5) is 4.89. The fourth-order valence-corrected chi connectivity index (χ4v) is 1.72. The van der Waals surface area contributed by atoms with Gasteiger partial charge in [0, 0.05) is 9.92 Å². The number of benzene rings is 1. The molecule has 78 valence electrons. The van der Waals surface area contributed by atoms with Crippen LogP contribution in [0.5, 0.6) is 0 Å². The van der Waals surface area contributed by atoms with Crippen molar-refractivity contribution in [3.8, 4) is 6.19 Å². The molecule has 0 aliphatic carbocycles. The summed E-state index contributed by atoms with van der Waals surface area (Å²) in [5.41, 5.74) is 0.676. The molecule has 0 aliphatic rings. The topological polar surface area (TPSA) is 48.2 Å². The van der Waals surface area contributed by atoms with Crippen molar-refractivity contribution in [1.29, 1.82) is 5.26 Å². The maximum Gasteiger partial charge on any atom is 0.183 e. The molecule has 0 aliphatic heterocycles. The van der Waals surface area contributed by atoms with Gasteiger partial charge in [0.1, 0.15) is 0 Å². The highest BCUT2D eigenvalue weighted by Gasteiger charge is 2.01. The molecule has 0 radical (unpaired) electrons. The summed E-state index contributed by atoms with van der Waals surface area (Å²) in [6, 6.07) is 5.18. The first-order valence-corrected chi connectivity index (χ1v) is 5.98. The summed E-state index contributed by atoms with van der Waals surface area (Å²) >= 11 is 11.4. The molecule has 1 rings (SSSR count). The minimum Gasteiger partial charge on any atom is -0.271 e. The van der Waals surface area contributed by atoms with Gasteiger partial charge in [-0.2, -0.15) is 5.26 Å². The Labute approximate surface area is 103 Å². The Morgan fingerprint density at radius 1 is 1.67 bits per heavy atom. The smallest absolute Gasteiger partial charge is 0.183 e. The minimum absolute atomic E-state index is 0.523. The van der Waals surface area contributed by atoms with Crippen molar-refractivity contribution in [2.24, 2.45) is 4.99 Å². The van der Waals surface area contributed by atoms with E-state index in [1.54, 1.807) is 18.2 Å². The van der Waals surface area contributed by atoms with Gasteiger partial charge in [0.15, 0.2) is 11.4 Å². The van der Waals surface area contributed by atoms with Crippen LogP contribution < -0.4 is 5.32 Å². The first kappa shape index (κ1) is 12.2. The zero-order valence-corrected chi connectivity index (χ0v) is 10.3. The van der Waals surface area contributed by atoms with Gasteiger partial charge in [-0.3, -0.25) is 5.32 Å². The molecule has 0 spiro atoms. The number of thiol groups is 1. The second kappa shape index (κ2) is 5.91. The van der Waals surface area contributed by atoms with Crippen LogP contribution in [-0.2, 0) is 0 Å². The van der Waals surface area contributed by atoms with Gasteiger partial charge in [-0.25, -0.2) is 4.99 Å². The molecule has 6 heteroatoms. The lowest BCUT2D eigenvalue weighted by molar-refractivity contribution is 1.27. The molecular formula is C9H8ClN3S2. The molecule has 15 heavy (non-hydrogen) atoms. The number of hydrogen-bond donors (Lipinski definition) is 2. The fraction of sp³-hybridized carbons (Fsp3) is 0.111. The van der Waals surface area contributed by atoms with Crippen molar-refractivity contribution in [3.63, 3.8) is 0 Å². The average Bonchev–Trinajstić information content (AvgIpc) is 2.21. The monoisotopic (exact) mass is 257 g/mol. The van der Waals surface area contributed by atoms with Crippen LogP contribution in [-0.4, -0.2) is 11.4 Å². The normalized spacial score (nSPS) is 10.9. The van der Waals surface area contributed by atoms with Crippen LogP contribution in [0.2, 0.25) is 5.02 Å². The number of thioether (sulfide) groups is 1. The molecule has 1 N–H and O–H groups in total. The number of halogens is 1. The number of amidine groups is 1. The lowest BCUT2D eigenvalue weighted by Crippen LogP contribution is -2.12. The molecule has 0 aromatic heterocycles. The molecule has 0 saturated heterocycles. The fourth-order valence-electron chi connectivity index (χ4n) is 0.873. The lowest BCUT2D eigenvalue weighted by Gasteiger charge is -2.02. The second-order valence-corrected chi connectivity index (χ2v) is 4.20. The van der Waals surface area contributed by atoms with E-state index in [2.05, 4.69) is 22.9 Å². The maximum absolute atomic E-state index is 8.46. The molecule has 0 saturated carbocycles. The predicted molar refractivity (Wildman–Crippen MR) is 68.1 cm³/mol. The van der Waals surface area contributed by atoms with Crippen LogP contribution in [0.4, 0.5) is 5.69 Å². The Morgan fingerprint density at radius 2 is 2.40 bits per heavy atom. The number of nitrogens with one attached hydrogen (secondary N) is 1.